The van der Waals surface area contributed by atoms with Crippen molar-refractivity contribution in [3.05, 3.63) is 72.2 Å². The number of fused-ring (bicyclic) bond motifs is 1. The highest BCUT2D eigenvalue weighted by molar-refractivity contribution is 6.01. The van der Waals surface area contributed by atoms with Gasteiger partial charge in [0, 0.05) is 30.8 Å². The minimum absolute atomic E-state index is 0.159. The largest absolute Gasteiger partial charge is 0.416 e. The molecule has 2 amide bonds. The zero-order valence-electron chi connectivity index (χ0n) is 23.5. The summed E-state index contributed by atoms with van der Waals surface area (Å²) in [7, 11) is 1.63. The lowest BCUT2D eigenvalue weighted by Crippen LogP contribution is -2.25. The van der Waals surface area contributed by atoms with Crippen molar-refractivity contribution in [3.63, 3.8) is 0 Å². The molecule has 5 aromatic rings. The van der Waals surface area contributed by atoms with Crippen LogP contribution in [-0.2, 0) is 30.0 Å². The van der Waals surface area contributed by atoms with E-state index in [0.717, 1.165) is 12.1 Å². The third-order valence-corrected chi connectivity index (χ3v) is 6.47. The number of anilines is 1. The molecule has 0 aliphatic carbocycles. The number of aromatic amines is 1. The maximum absolute atomic E-state index is 14.2. The van der Waals surface area contributed by atoms with Crippen LogP contribution >= 0.6 is 0 Å². The first kappa shape index (κ1) is 29.2. The van der Waals surface area contributed by atoms with Crippen LogP contribution in [0.3, 0.4) is 0 Å². The molecular formula is C28H26F3N9O3. The summed E-state index contributed by atoms with van der Waals surface area (Å²) in [6, 6.07) is 5.37. The Morgan fingerprint density at radius 2 is 1.91 bits per heavy atom. The van der Waals surface area contributed by atoms with Crippen molar-refractivity contribution in [1.29, 1.82) is 0 Å². The molecule has 0 saturated heterocycles. The number of halogens is 3. The molecule has 0 aliphatic rings. The van der Waals surface area contributed by atoms with E-state index in [4.69, 9.17) is 4.52 Å². The first-order chi connectivity index (χ1) is 20.3. The molecule has 43 heavy (non-hydrogen) atoms. The maximum atomic E-state index is 14.2. The predicted molar refractivity (Wildman–Crippen MR) is 150 cm³/mol. The van der Waals surface area contributed by atoms with Crippen LogP contribution in [0.4, 0.5) is 19.0 Å². The number of hydrogen-bond donors (Lipinski definition) is 3. The first-order valence-corrected chi connectivity index (χ1v) is 12.9. The van der Waals surface area contributed by atoms with Crippen LogP contribution in [0.1, 0.15) is 48.4 Å². The van der Waals surface area contributed by atoms with Gasteiger partial charge in [-0.2, -0.15) is 23.3 Å². The highest BCUT2D eigenvalue weighted by Gasteiger charge is 2.34. The number of aryl methyl sites for hydroxylation is 1. The van der Waals surface area contributed by atoms with E-state index in [1.807, 2.05) is 20.8 Å². The average molecular weight is 594 g/mol. The van der Waals surface area contributed by atoms with Crippen molar-refractivity contribution in [1.82, 2.24) is 40.2 Å². The number of carbonyl (C=O) groups is 2. The normalized spacial score (nSPS) is 12.0. The van der Waals surface area contributed by atoms with E-state index in [1.54, 1.807) is 13.1 Å². The Kier molecular flexibility index (Phi) is 7.33. The summed E-state index contributed by atoms with van der Waals surface area (Å²) in [6.07, 6.45) is -0.696. The number of rotatable bonds is 7. The first-order valence-electron chi connectivity index (χ1n) is 12.9. The smallest absolute Gasteiger partial charge is 0.344 e. The number of nitrogens with zero attached hydrogens (tertiary/aromatic N) is 6. The van der Waals surface area contributed by atoms with E-state index >= 15 is 0 Å². The molecule has 12 nitrogen and oxygen atoms in total. The summed E-state index contributed by atoms with van der Waals surface area (Å²) in [6.45, 7) is 8.50. The molecule has 4 heterocycles. The van der Waals surface area contributed by atoms with Gasteiger partial charge in [-0.05, 0) is 29.3 Å². The van der Waals surface area contributed by atoms with E-state index in [9.17, 15) is 22.8 Å². The second-order valence-corrected chi connectivity index (χ2v) is 10.6. The molecule has 222 valence electrons. The molecular weight excluding hydrogens is 567 g/mol. The summed E-state index contributed by atoms with van der Waals surface area (Å²) in [5.41, 5.74) is 0.149. The number of alkyl halides is 3. The molecule has 0 unspecified atom stereocenters. The van der Waals surface area contributed by atoms with Gasteiger partial charge < -0.3 is 20.1 Å². The lowest BCUT2D eigenvalue weighted by Gasteiger charge is -2.15. The van der Waals surface area contributed by atoms with Crippen LogP contribution in [0.5, 0.6) is 0 Å². The number of pyridine rings is 1. The molecule has 3 N–H and O–H groups in total. The topological polar surface area (TPSA) is 157 Å². The number of amides is 2. The van der Waals surface area contributed by atoms with Gasteiger partial charge in [-0.15, -0.1) is 0 Å². The van der Waals surface area contributed by atoms with E-state index in [0.29, 0.717) is 34.1 Å². The average Bonchev–Trinajstić information content (AvgIpc) is 3.69. The molecule has 1 aromatic carbocycles. The van der Waals surface area contributed by atoms with Crippen LogP contribution in [-0.4, -0.2) is 46.7 Å². The molecule has 0 fully saturated rings. The zero-order chi connectivity index (χ0) is 31.1. The van der Waals surface area contributed by atoms with Crippen molar-refractivity contribution in [3.8, 4) is 22.5 Å². The molecule has 0 bridgehead atoms. The number of hydrogen-bond acceptors (Lipinski definition) is 8. The minimum Gasteiger partial charge on any atom is -0.344 e. The van der Waals surface area contributed by atoms with Gasteiger partial charge in [-0.3, -0.25) is 14.3 Å². The Hall–Kier alpha value is -5.34. The lowest BCUT2D eigenvalue weighted by molar-refractivity contribution is -0.138. The second kappa shape index (κ2) is 10.8. The van der Waals surface area contributed by atoms with Gasteiger partial charge in [0.15, 0.2) is 11.5 Å². The standard InChI is InChI=1S/C28H26F3N9O3/c1-6-19(41)35-23-17(13-34-40(23)5)21-36-20-16(9-10-32-22(20)37-21)14-7-8-15(18(11-14)28(29,30)31)12-33-24(42)25-38-26(39-43-25)27(2,3)4/h6-11,13H,1,12H2,2-5H3,(H,33,42)(H,35,41)(H,32,36,37). The second-order valence-electron chi connectivity index (χ2n) is 10.6. The van der Waals surface area contributed by atoms with Crippen molar-refractivity contribution in [2.45, 2.75) is 38.9 Å². The number of nitrogens with one attached hydrogen (secondary N) is 3. The monoisotopic (exact) mass is 593 g/mol. The van der Waals surface area contributed by atoms with Crippen LogP contribution in [0.25, 0.3) is 33.7 Å². The number of aromatic nitrogens is 7. The molecule has 0 aliphatic heterocycles. The van der Waals surface area contributed by atoms with Gasteiger partial charge in [-0.1, -0.05) is 44.6 Å². The lowest BCUT2D eigenvalue weighted by atomic mass is 9.96. The number of H-pyrrole nitrogens is 1. The Balaban J connectivity index is 1.47. The minimum atomic E-state index is -4.72. The Labute approximate surface area is 242 Å². The van der Waals surface area contributed by atoms with Gasteiger partial charge in [0.2, 0.25) is 5.91 Å². The van der Waals surface area contributed by atoms with Crippen LogP contribution in [0, 0.1) is 0 Å². The fourth-order valence-corrected chi connectivity index (χ4v) is 4.24. The molecule has 0 saturated carbocycles. The van der Waals surface area contributed by atoms with Crippen LogP contribution in [0.15, 0.2) is 53.8 Å². The van der Waals surface area contributed by atoms with Gasteiger partial charge in [0.05, 0.1) is 22.8 Å². The highest BCUT2D eigenvalue weighted by atomic mass is 19.4. The summed E-state index contributed by atoms with van der Waals surface area (Å²) in [5, 5.41) is 13.0. The van der Waals surface area contributed by atoms with Gasteiger partial charge in [0.25, 0.3) is 0 Å². The van der Waals surface area contributed by atoms with Crippen molar-refractivity contribution < 1.29 is 27.3 Å². The Morgan fingerprint density at radius 3 is 2.58 bits per heavy atom. The number of benzene rings is 1. The van der Waals surface area contributed by atoms with Gasteiger partial charge >= 0.3 is 18.0 Å². The highest BCUT2D eigenvalue weighted by Crippen LogP contribution is 2.37. The van der Waals surface area contributed by atoms with Gasteiger partial charge in [0.1, 0.15) is 11.6 Å². The number of imidazole rings is 1. The molecule has 0 radical (unpaired) electrons. The van der Waals surface area contributed by atoms with Gasteiger partial charge in [-0.25, -0.2) is 9.97 Å². The Bertz CT molecular complexity index is 1860. The zero-order valence-corrected chi connectivity index (χ0v) is 23.5. The fraction of sp³-hybridized carbons (Fsp3) is 0.250. The maximum Gasteiger partial charge on any atom is 0.416 e. The molecule has 15 heteroatoms. The van der Waals surface area contributed by atoms with Crippen molar-refractivity contribution in [2.24, 2.45) is 7.05 Å². The third kappa shape index (κ3) is 5.86. The summed E-state index contributed by atoms with van der Waals surface area (Å²) in [5.74, 6) is -0.655. The molecule has 0 spiro atoms. The Morgan fingerprint density at radius 1 is 1.14 bits per heavy atom. The summed E-state index contributed by atoms with van der Waals surface area (Å²) < 4.78 is 49.0. The molecule has 4 aromatic heterocycles. The fourth-order valence-electron chi connectivity index (χ4n) is 4.24. The number of carbonyl (C=O) groups excluding carboxylic acids is 2. The summed E-state index contributed by atoms with van der Waals surface area (Å²) >= 11 is 0. The van der Waals surface area contributed by atoms with Crippen molar-refractivity contribution >= 4 is 28.8 Å². The third-order valence-electron chi connectivity index (χ3n) is 6.47. The van der Waals surface area contributed by atoms with Crippen LogP contribution in [0.2, 0.25) is 0 Å². The quantitative estimate of drug-likeness (QED) is 0.228. The van der Waals surface area contributed by atoms with E-state index in [2.05, 4.69) is 47.4 Å². The van der Waals surface area contributed by atoms with E-state index < -0.39 is 35.5 Å². The molecule has 0 atom stereocenters. The van der Waals surface area contributed by atoms with Crippen LogP contribution < -0.4 is 10.6 Å². The van der Waals surface area contributed by atoms with Crippen molar-refractivity contribution in [2.75, 3.05) is 5.32 Å². The predicted octanol–water partition coefficient (Wildman–Crippen LogP) is 4.78. The summed E-state index contributed by atoms with van der Waals surface area (Å²) in [4.78, 5) is 40.3. The molecule has 5 rings (SSSR count). The van der Waals surface area contributed by atoms with E-state index in [1.165, 1.54) is 29.2 Å². The SMILES string of the molecule is C=CC(=O)Nc1c(-c2nc3nccc(-c4ccc(CNC(=O)c5nc(C(C)(C)C)no5)c(C(F)(F)F)c4)c3[nH]2)cnn1C. The van der Waals surface area contributed by atoms with E-state index in [-0.39, 0.29) is 22.7 Å².